The number of rotatable bonds is 10. The summed E-state index contributed by atoms with van der Waals surface area (Å²) >= 11 is 0. The minimum Gasteiger partial charge on any atom is -0.355 e. The van der Waals surface area contributed by atoms with Crippen molar-refractivity contribution in [1.82, 2.24) is 10.2 Å². The molecule has 0 saturated heterocycles. The summed E-state index contributed by atoms with van der Waals surface area (Å²) in [4.78, 5) is 27.4. The van der Waals surface area contributed by atoms with Gasteiger partial charge in [0.2, 0.25) is 21.8 Å². The lowest BCUT2D eigenvalue weighted by atomic mass is 9.87. The van der Waals surface area contributed by atoms with Crippen molar-refractivity contribution in [1.29, 1.82) is 0 Å². The van der Waals surface area contributed by atoms with Crippen molar-refractivity contribution in [3.8, 4) is 0 Å². The van der Waals surface area contributed by atoms with E-state index in [4.69, 9.17) is 0 Å². The number of sulfonamides is 1. The molecule has 0 aliphatic rings. The van der Waals surface area contributed by atoms with Crippen molar-refractivity contribution in [3.05, 3.63) is 65.7 Å². The van der Waals surface area contributed by atoms with Crippen molar-refractivity contribution in [3.63, 3.8) is 0 Å². The molecule has 186 valence electrons. The predicted molar refractivity (Wildman–Crippen MR) is 137 cm³/mol. The van der Waals surface area contributed by atoms with Crippen LogP contribution in [0.4, 0.5) is 5.69 Å². The SMILES string of the molecule is CCNC(=O)C(C)N(CCc1ccccc1)C(=O)CN(c1ccc(C(C)(C)C)cc1)S(C)(=O)=O. The van der Waals surface area contributed by atoms with Crippen LogP contribution in [-0.4, -0.2) is 57.1 Å². The lowest BCUT2D eigenvalue weighted by molar-refractivity contribution is -0.138. The Bertz CT molecular complexity index is 1060. The summed E-state index contributed by atoms with van der Waals surface area (Å²) in [6, 6.07) is 16.1. The molecular formula is C26H37N3O4S. The zero-order chi connectivity index (χ0) is 25.5. The average Bonchev–Trinajstić information content (AvgIpc) is 2.77. The second-order valence-corrected chi connectivity index (χ2v) is 11.4. The van der Waals surface area contributed by atoms with Crippen molar-refractivity contribution < 1.29 is 18.0 Å². The molecule has 8 heteroatoms. The van der Waals surface area contributed by atoms with E-state index in [1.165, 1.54) is 4.90 Å². The molecule has 1 atom stereocenters. The van der Waals surface area contributed by atoms with Crippen molar-refractivity contribution in [2.45, 2.75) is 52.5 Å². The van der Waals surface area contributed by atoms with Gasteiger partial charge in [0.1, 0.15) is 12.6 Å². The maximum atomic E-state index is 13.4. The fraction of sp³-hybridized carbons (Fsp3) is 0.462. The molecule has 1 unspecified atom stereocenters. The van der Waals surface area contributed by atoms with Gasteiger partial charge in [-0.1, -0.05) is 63.2 Å². The van der Waals surface area contributed by atoms with Crippen LogP contribution in [0.3, 0.4) is 0 Å². The molecule has 2 rings (SSSR count). The van der Waals surface area contributed by atoms with E-state index in [1.54, 1.807) is 19.1 Å². The lowest BCUT2D eigenvalue weighted by Crippen LogP contribution is -2.52. The van der Waals surface area contributed by atoms with Gasteiger partial charge < -0.3 is 10.2 Å². The van der Waals surface area contributed by atoms with Gasteiger partial charge in [-0.15, -0.1) is 0 Å². The molecule has 2 aromatic rings. The van der Waals surface area contributed by atoms with Crippen molar-refractivity contribution in [2.24, 2.45) is 0 Å². The average molecular weight is 488 g/mol. The number of amides is 2. The van der Waals surface area contributed by atoms with Gasteiger partial charge in [0, 0.05) is 13.1 Å². The Kier molecular flexibility index (Phi) is 9.27. The van der Waals surface area contributed by atoms with Crippen LogP contribution in [0.1, 0.15) is 45.7 Å². The largest absolute Gasteiger partial charge is 0.355 e. The number of benzene rings is 2. The Morgan fingerprint density at radius 1 is 1.00 bits per heavy atom. The van der Waals surface area contributed by atoms with Crippen LogP contribution in [0.2, 0.25) is 0 Å². The monoisotopic (exact) mass is 487 g/mol. The van der Waals surface area contributed by atoms with Gasteiger partial charge >= 0.3 is 0 Å². The first-order chi connectivity index (χ1) is 15.8. The summed E-state index contributed by atoms with van der Waals surface area (Å²) in [5, 5.41) is 2.75. The van der Waals surface area contributed by atoms with E-state index in [9.17, 15) is 18.0 Å². The Labute approximate surface area is 204 Å². The molecule has 0 radical (unpaired) electrons. The molecule has 0 heterocycles. The number of nitrogens with zero attached hydrogens (tertiary/aromatic N) is 2. The molecule has 2 aromatic carbocycles. The molecule has 0 spiro atoms. The van der Waals surface area contributed by atoms with Gasteiger partial charge in [-0.05, 0) is 48.9 Å². The molecule has 0 saturated carbocycles. The standard InChI is InChI=1S/C26H37N3O4S/c1-7-27-25(31)20(2)28(18-17-21-11-9-8-10-12-21)24(30)19-29(34(6,32)33)23-15-13-22(14-16-23)26(3,4)5/h8-16,20H,7,17-19H2,1-6H3,(H,27,31). The van der Waals surface area contributed by atoms with Crippen LogP contribution in [0.25, 0.3) is 0 Å². The summed E-state index contributed by atoms with van der Waals surface area (Å²) in [5.41, 5.74) is 2.42. The summed E-state index contributed by atoms with van der Waals surface area (Å²) in [6.07, 6.45) is 1.63. The summed E-state index contributed by atoms with van der Waals surface area (Å²) in [6.45, 7) is 10.1. The van der Waals surface area contributed by atoms with Crippen molar-refractivity contribution >= 4 is 27.5 Å². The normalized spacial score (nSPS) is 12.6. The third-order valence-corrected chi connectivity index (χ3v) is 6.84. The smallest absolute Gasteiger partial charge is 0.244 e. The van der Waals surface area contributed by atoms with E-state index >= 15 is 0 Å². The first-order valence-corrected chi connectivity index (χ1v) is 13.4. The predicted octanol–water partition coefficient (Wildman–Crippen LogP) is 3.35. The van der Waals surface area contributed by atoms with Crippen molar-refractivity contribution in [2.75, 3.05) is 30.2 Å². The number of likely N-dealkylation sites (N-methyl/N-ethyl adjacent to an activating group) is 1. The quantitative estimate of drug-likeness (QED) is 0.557. The number of nitrogens with one attached hydrogen (secondary N) is 1. The summed E-state index contributed by atoms with van der Waals surface area (Å²) < 4.78 is 26.4. The van der Waals surface area contributed by atoms with E-state index in [1.807, 2.05) is 49.4 Å². The van der Waals surface area contributed by atoms with Gasteiger partial charge in [-0.3, -0.25) is 13.9 Å². The molecule has 0 aromatic heterocycles. The minimum absolute atomic E-state index is 0.0828. The second-order valence-electron chi connectivity index (χ2n) is 9.46. The number of carbonyl (C=O) groups excluding carboxylic acids is 2. The minimum atomic E-state index is -3.73. The molecule has 2 amide bonds. The number of carbonyl (C=O) groups is 2. The molecule has 34 heavy (non-hydrogen) atoms. The van der Waals surface area contributed by atoms with E-state index in [-0.39, 0.29) is 17.9 Å². The maximum absolute atomic E-state index is 13.4. The number of anilines is 1. The fourth-order valence-corrected chi connectivity index (χ4v) is 4.48. The fourth-order valence-electron chi connectivity index (χ4n) is 3.63. The molecular weight excluding hydrogens is 450 g/mol. The Morgan fingerprint density at radius 2 is 1.59 bits per heavy atom. The number of hydrogen-bond donors (Lipinski definition) is 1. The number of hydrogen-bond acceptors (Lipinski definition) is 4. The third kappa shape index (κ3) is 7.58. The zero-order valence-corrected chi connectivity index (χ0v) is 21.9. The second kappa shape index (κ2) is 11.5. The van der Waals surface area contributed by atoms with Gasteiger partial charge in [-0.2, -0.15) is 0 Å². The Hall–Kier alpha value is -2.87. The zero-order valence-electron chi connectivity index (χ0n) is 21.0. The van der Waals surface area contributed by atoms with Crippen LogP contribution in [-0.2, 0) is 31.4 Å². The van der Waals surface area contributed by atoms with Crippen LogP contribution in [0, 0.1) is 0 Å². The highest BCUT2D eigenvalue weighted by Crippen LogP contribution is 2.26. The topological polar surface area (TPSA) is 86.8 Å². The van der Waals surface area contributed by atoms with Gasteiger partial charge in [-0.25, -0.2) is 8.42 Å². The first kappa shape index (κ1) is 27.4. The highest BCUT2D eigenvalue weighted by molar-refractivity contribution is 7.92. The molecule has 0 fully saturated rings. The van der Waals surface area contributed by atoms with E-state index in [0.717, 1.165) is 21.7 Å². The molecule has 0 aliphatic carbocycles. The van der Waals surface area contributed by atoms with Crippen LogP contribution < -0.4 is 9.62 Å². The highest BCUT2D eigenvalue weighted by Gasteiger charge is 2.29. The van der Waals surface area contributed by atoms with Gasteiger partial charge in [0.15, 0.2) is 0 Å². The lowest BCUT2D eigenvalue weighted by Gasteiger charge is -2.31. The van der Waals surface area contributed by atoms with E-state index < -0.39 is 22.0 Å². The highest BCUT2D eigenvalue weighted by atomic mass is 32.2. The Balaban J connectivity index is 2.31. The van der Waals surface area contributed by atoms with Gasteiger partial charge in [0.25, 0.3) is 0 Å². The summed E-state index contributed by atoms with van der Waals surface area (Å²) in [5.74, 6) is -0.704. The molecule has 0 bridgehead atoms. The molecule has 0 aliphatic heterocycles. The summed E-state index contributed by atoms with van der Waals surface area (Å²) in [7, 11) is -3.73. The van der Waals surface area contributed by atoms with Crippen LogP contribution >= 0.6 is 0 Å². The maximum Gasteiger partial charge on any atom is 0.244 e. The van der Waals surface area contributed by atoms with Crippen LogP contribution in [0.5, 0.6) is 0 Å². The first-order valence-electron chi connectivity index (χ1n) is 11.5. The molecule has 7 nitrogen and oxygen atoms in total. The molecule has 1 N–H and O–H groups in total. The van der Waals surface area contributed by atoms with E-state index in [2.05, 4.69) is 26.1 Å². The third-order valence-electron chi connectivity index (χ3n) is 5.70. The van der Waals surface area contributed by atoms with Gasteiger partial charge in [0.05, 0.1) is 11.9 Å². The van der Waals surface area contributed by atoms with E-state index in [0.29, 0.717) is 25.2 Å². The Morgan fingerprint density at radius 3 is 2.09 bits per heavy atom. The van der Waals surface area contributed by atoms with Crippen LogP contribution in [0.15, 0.2) is 54.6 Å².